The molecule has 17 heavy (non-hydrogen) atoms. The van der Waals surface area contributed by atoms with Crippen molar-refractivity contribution in [2.75, 3.05) is 13.2 Å². The van der Waals surface area contributed by atoms with Crippen LogP contribution in [0.2, 0.25) is 0 Å². The van der Waals surface area contributed by atoms with E-state index >= 15 is 0 Å². The Kier molecular flexibility index (Phi) is 8.29. The molecule has 0 aromatic heterocycles. The number of carboxylic acids is 1. The number of hydrogen-bond donors (Lipinski definition) is 5. The lowest BCUT2D eigenvalue weighted by Gasteiger charge is -2.15. The van der Waals surface area contributed by atoms with Gasteiger partial charge < -0.3 is 30.3 Å². The zero-order chi connectivity index (χ0) is 13.4. The van der Waals surface area contributed by atoms with Gasteiger partial charge in [-0.2, -0.15) is 0 Å². The quantitative estimate of drug-likeness (QED) is 0.193. The Balaban J connectivity index is 4.01. The number of carboxylic acid groups (broad SMARTS) is 1. The van der Waals surface area contributed by atoms with Gasteiger partial charge >= 0.3 is 11.9 Å². The van der Waals surface area contributed by atoms with Crippen LogP contribution < -0.4 is 0 Å². The highest BCUT2D eigenvalue weighted by Gasteiger charge is 2.24. The van der Waals surface area contributed by atoms with Crippen LogP contribution in [0.1, 0.15) is 0 Å². The second-order valence-corrected chi connectivity index (χ2v) is 5.09. The predicted molar refractivity (Wildman–Crippen MR) is 58.9 cm³/mol. The topological polar surface area (TPSA) is 145 Å². The zero-order valence-electron chi connectivity index (χ0n) is 8.42. The third-order valence-corrected chi connectivity index (χ3v) is 3.64. The second kappa shape index (κ2) is 8.55. The van der Waals surface area contributed by atoms with Gasteiger partial charge in [-0.25, -0.2) is 9.59 Å². The average Bonchev–Trinajstić information content (AvgIpc) is 2.31. The van der Waals surface area contributed by atoms with Crippen LogP contribution in [0.25, 0.3) is 0 Å². The molecule has 0 heterocycles. The molecule has 0 bridgehead atoms. The van der Waals surface area contributed by atoms with Crippen molar-refractivity contribution in [3.05, 3.63) is 0 Å². The molecule has 0 saturated carbocycles. The van der Waals surface area contributed by atoms with Gasteiger partial charge in [0.1, 0.15) is 6.10 Å². The number of aliphatic hydroxyl groups is 4. The summed E-state index contributed by atoms with van der Waals surface area (Å²) in [5.41, 5.74) is -3.51. The van der Waals surface area contributed by atoms with Crippen LogP contribution in [0.15, 0.2) is 0 Å². The molecule has 0 aliphatic carbocycles. The molecule has 0 rings (SSSR count). The molecule has 0 amide bonds. The van der Waals surface area contributed by atoms with Crippen molar-refractivity contribution in [1.29, 1.82) is 0 Å². The van der Waals surface area contributed by atoms with Crippen molar-refractivity contribution in [3.8, 4) is 0 Å². The van der Waals surface area contributed by atoms with Crippen LogP contribution in [0.5, 0.6) is 0 Å². The van der Waals surface area contributed by atoms with Gasteiger partial charge in [0.2, 0.25) is 10.9 Å². The fourth-order valence-corrected chi connectivity index (χ4v) is 2.08. The van der Waals surface area contributed by atoms with Gasteiger partial charge in [-0.05, 0) is 21.6 Å². The predicted octanol–water partition coefficient (Wildman–Crippen LogP) is -2.01. The van der Waals surface area contributed by atoms with Gasteiger partial charge in [0, 0.05) is 0 Å². The molecule has 5 N–H and O–H groups in total. The number of aliphatic hydroxyl groups excluding tert-OH is 4. The smallest absolute Gasteiger partial charge is 0.346 e. The summed E-state index contributed by atoms with van der Waals surface area (Å²) in [6.07, 6.45) is -1.15. The van der Waals surface area contributed by atoms with Gasteiger partial charge in [-0.3, -0.25) is 0 Å². The molecule has 8 nitrogen and oxygen atoms in total. The first-order valence-electron chi connectivity index (χ1n) is 4.25. The van der Waals surface area contributed by atoms with E-state index in [1.807, 2.05) is 0 Å². The standard InChI is InChI=1S/C7H12O8S2/c8-1-3(2-9)15-5(12)7(14)17-16-6(13)4(10)11/h3,6-9,13-14H,1-2H2,(H,10,11). The molecular formula is C7H12O8S2. The Morgan fingerprint density at radius 2 is 1.53 bits per heavy atom. The Bertz CT molecular complexity index is 256. The van der Waals surface area contributed by atoms with Gasteiger partial charge in [-0.15, -0.1) is 0 Å². The molecule has 2 atom stereocenters. The molecule has 0 aliphatic rings. The third-order valence-electron chi connectivity index (χ3n) is 1.34. The van der Waals surface area contributed by atoms with Crippen LogP contribution in [-0.2, 0) is 14.3 Å². The molecule has 100 valence electrons. The molecule has 0 aromatic carbocycles. The van der Waals surface area contributed by atoms with Crippen LogP contribution >= 0.6 is 21.6 Å². The number of carbonyl (C=O) groups is 2. The van der Waals surface area contributed by atoms with Gasteiger partial charge in [0.05, 0.1) is 13.2 Å². The number of ether oxygens (including phenoxy) is 1. The van der Waals surface area contributed by atoms with Crippen LogP contribution in [0, 0.1) is 0 Å². The second-order valence-electron chi connectivity index (χ2n) is 2.66. The molecule has 0 radical (unpaired) electrons. The number of rotatable bonds is 8. The average molecular weight is 288 g/mol. The van der Waals surface area contributed by atoms with E-state index in [2.05, 4.69) is 4.74 Å². The summed E-state index contributed by atoms with van der Waals surface area (Å²) >= 11 is 0. The lowest BCUT2D eigenvalue weighted by molar-refractivity contribution is -0.158. The van der Waals surface area contributed by atoms with Crippen molar-refractivity contribution < 1.29 is 39.9 Å². The molecule has 2 unspecified atom stereocenters. The minimum Gasteiger partial charge on any atom is -0.479 e. The van der Waals surface area contributed by atoms with Gasteiger partial charge in [0.25, 0.3) is 0 Å². The summed E-state index contributed by atoms with van der Waals surface area (Å²) in [7, 11) is 0.748. The SMILES string of the molecule is O=C(O)C(O)SSC(O)C(=O)OC(CO)CO. The van der Waals surface area contributed by atoms with E-state index in [-0.39, 0.29) is 0 Å². The lowest BCUT2D eigenvalue weighted by Crippen LogP contribution is -2.30. The third kappa shape index (κ3) is 6.71. The van der Waals surface area contributed by atoms with Crippen molar-refractivity contribution in [1.82, 2.24) is 0 Å². The van der Waals surface area contributed by atoms with E-state index in [1.165, 1.54) is 0 Å². The maximum atomic E-state index is 11.1. The van der Waals surface area contributed by atoms with E-state index in [9.17, 15) is 14.7 Å². The van der Waals surface area contributed by atoms with Crippen molar-refractivity contribution in [2.45, 2.75) is 17.0 Å². The molecular weight excluding hydrogens is 276 g/mol. The fourth-order valence-electron chi connectivity index (χ4n) is 0.540. The van der Waals surface area contributed by atoms with E-state index in [4.69, 9.17) is 20.4 Å². The molecule has 0 aliphatic heterocycles. The number of hydrogen-bond acceptors (Lipinski definition) is 9. The van der Waals surface area contributed by atoms with Crippen LogP contribution in [-0.4, -0.2) is 67.7 Å². The highest BCUT2D eigenvalue weighted by atomic mass is 33.1. The maximum Gasteiger partial charge on any atom is 0.346 e. The highest BCUT2D eigenvalue weighted by Crippen LogP contribution is 2.29. The molecule has 0 spiro atoms. The maximum absolute atomic E-state index is 11.1. The van der Waals surface area contributed by atoms with E-state index in [0.717, 1.165) is 0 Å². The van der Waals surface area contributed by atoms with Crippen molar-refractivity contribution in [3.63, 3.8) is 0 Å². The monoisotopic (exact) mass is 288 g/mol. The van der Waals surface area contributed by atoms with Gasteiger partial charge in [0.15, 0.2) is 0 Å². The minimum absolute atomic E-state index is 0.360. The summed E-state index contributed by atoms with van der Waals surface area (Å²) in [5.74, 6) is -2.65. The summed E-state index contributed by atoms with van der Waals surface area (Å²) in [6.45, 7) is -1.21. The first kappa shape index (κ1) is 16.5. The Morgan fingerprint density at radius 1 is 1.06 bits per heavy atom. The number of esters is 1. The Morgan fingerprint density at radius 3 is 1.94 bits per heavy atom. The fraction of sp³-hybridized carbons (Fsp3) is 0.714. The number of aliphatic carboxylic acids is 1. The summed E-state index contributed by atoms with van der Waals surface area (Å²) in [6, 6.07) is 0. The summed E-state index contributed by atoms with van der Waals surface area (Å²) in [4.78, 5) is 21.3. The van der Waals surface area contributed by atoms with Crippen molar-refractivity contribution in [2.24, 2.45) is 0 Å². The molecule has 0 saturated heterocycles. The first-order valence-corrected chi connectivity index (χ1v) is 6.53. The van der Waals surface area contributed by atoms with E-state index < -0.39 is 42.1 Å². The Labute approximate surface area is 104 Å². The van der Waals surface area contributed by atoms with E-state index in [1.54, 1.807) is 0 Å². The molecule has 0 aromatic rings. The summed E-state index contributed by atoms with van der Waals surface area (Å²) < 4.78 is 4.45. The lowest BCUT2D eigenvalue weighted by atomic mass is 10.4. The highest BCUT2D eigenvalue weighted by molar-refractivity contribution is 8.77. The number of carbonyl (C=O) groups excluding carboxylic acids is 1. The zero-order valence-corrected chi connectivity index (χ0v) is 10.1. The largest absolute Gasteiger partial charge is 0.479 e. The normalized spacial score (nSPS) is 14.4. The minimum atomic E-state index is -1.78. The van der Waals surface area contributed by atoms with E-state index in [0.29, 0.717) is 21.6 Å². The van der Waals surface area contributed by atoms with Gasteiger partial charge in [-0.1, -0.05) is 0 Å². The molecule has 0 fully saturated rings. The summed E-state index contributed by atoms with van der Waals surface area (Å²) in [5, 5.41) is 43.5. The Hall–Kier alpha value is -0.520. The first-order chi connectivity index (χ1) is 7.92. The van der Waals surface area contributed by atoms with Crippen LogP contribution in [0.3, 0.4) is 0 Å². The van der Waals surface area contributed by atoms with Crippen molar-refractivity contribution >= 4 is 33.5 Å². The van der Waals surface area contributed by atoms with Crippen LogP contribution in [0.4, 0.5) is 0 Å². The molecule has 10 heteroatoms.